The fourth-order valence-electron chi connectivity index (χ4n) is 3.21. The van der Waals surface area contributed by atoms with E-state index in [4.69, 9.17) is 0 Å². The fourth-order valence-corrected chi connectivity index (χ4v) is 5.86. The highest BCUT2D eigenvalue weighted by molar-refractivity contribution is 7.91. The standard InChI is InChI=1S/C17H28N2O4S2/c1-14-9-10-16(24(4,20)21)13-17(14)25(22,23)19(12-11-18(2)3)15-7-5-6-8-15/h9-10,13,15H,5-8,11-12H2,1-4H3. The van der Waals surface area contributed by atoms with Crippen LogP contribution in [0.15, 0.2) is 28.0 Å². The van der Waals surface area contributed by atoms with Crippen molar-refractivity contribution in [2.45, 2.75) is 48.4 Å². The van der Waals surface area contributed by atoms with Crippen molar-refractivity contribution >= 4 is 19.9 Å². The summed E-state index contributed by atoms with van der Waals surface area (Å²) in [6.45, 7) is 2.74. The molecule has 1 aliphatic carbocycles. The molecule has 0 unspecified atom stereocenters. The molecule has 1 saturated carbocycles. The number of sulfone groups is 1. The van der Waals surface area contributed by atoms with Gasteiger partial charge in [-0.1, -0.05) is 18.9 Å². The SMILES string of the molecule is Cc1ccc(S(C)(=O)=O)cc1S(=O)(=O)N(CCN(C)C)C1CCCC1. The Balaban J connectivity index is 2.48. The quantitative estimate of drug-likeness (QED) is 0.713. The highest BCUT2D eigenvalue weighted by atomic mass is 32.2. The third-order valence-corrected chi connectivity index (χ3v) is 7.88. The Morgan fingerprint density at radius 2 is 1.64 bits per heavy atom. The molecule has 0 bridgehead atoms. The van der Waals surface area contributed by atoms with Gasteiger partial charge in [0.25, 0.3) is 0 Å². The summed E-state index contributed by atoms with van der Waals surface area (Å²) in [6, 6.07) is 4.33. The van der Waals surface area contributed by atoms with Crippen LogP contribution >= 0.6 is 0 Å². The van der Waals surface area contributed by atoms with Crippen LogP contribution in [-0.2, 0) is 19.9 Å². The predicted octanol–water partition coefficient (Wildman–Crippen LogP) is 1.89. The van der Waals surface area contributed by atoms with E-state index >= 15 is 0 Å². The molecule has 0 spiro atoms. The summed E-state index contributed by atoms with van der Waals surface area (Å²) < 4.78 is 52.0. The van der Waals surface area contributed by atoms with Gasteiger partial charge in [-0.25, -0.2) is 16.8 Å². The molecular formula is C17H28N2O4S2. The van der Waals surface area contributed by atoms with E-state index < -0.39 is 19.9 Å². The minimum atomic E-state index is -3.75. The lowest BCUT2D eigenvalue weighted by Gasteiger charge is -2.30. The molecule has 0 amide bonds. The molecule has 0 atom stereocenters. The van der Waals surface area contributed by atoms with Crippen LogP contribution in [0, 0.1) is 6.92 Å². The summed E-state index contributed by atoms with van der Waals surface area (Å²) in [7, 11) is -3.39. The second-order valence-corrected chi connectivity index (χ2v) is 10.9. The zero-order valence-corrected chi connectivity index (χ0v) is 17.0. The molecule has 0 radical (unpaired) electrons. The molecule has 0 heterocycles. The number of nitrogens with zero attached hydrogens (tertiary/aromatic N) is 2. The Labute approximate surface area is 151 Å². The van der Waals surface area contributed by atoms with E-state index in [0.29, 0.717) is 18.7 Å². The highest BCUT2D eigenvalue weighted by Crippen LogP contribution is 2.30. The third-order valence-electron chi connectivity index (χ3n) is 4.67. The number of hydrogen-bond acceptors (Lipinski definition) is 5. The van der Waals surface area contributed by atoms with Crippen LogP contribution in [0.4, 0.5) is 0 Å². The molecule has 0 saturated heterocycles. The molecule has 1 aliphatic rings. The first kappa shape index (κ1) is 20.4. The molecule has 1 aromatic rings. The van der Waals surface area contributed by atoms with E-state index in [1.165, 1.54) is 12.1 Å². The lowest BCUT2D eigenvalue weighted by molar-refractivity contribution is 0.282. The van der Waals surface area contributed by atoms with E-state index in [9.17, 15) is 16.8 Å². The molecule has 25 heavy (non-hydrogen) atoms. The van der Waals surface area contributed by atoms with Gasteiger partial charge in [0.05, 0.1) is 9.79 Å². The average molecular weight is 389 g/mol. The summed E-state index contributed by atoms with van der Waals surface area (Å²) >= 11 is 0. The number of sulfonamides is 1. The van der Waals surface area contributed by atoms with E-state index in [2.05, 4.69) is 0 Å². The molecule has 0 aromatic heterocycles. The van der Waals surface area contributed by atoms with Crippen LogP contribution < -0.4 is 0 Å². The maximum atomic E-state index is 13.3. The number of hydrogen-bond donors (Lipinski definition) is 0. The summed E-state index contributed by atoms with van der Waals surface area (Å²) in [5, 5.41) is 0. The lowest BCUT2D eigenvalue weighted by atomic mass is 10.2. The van der Waals surface area contributed by atoms with Gasteiger partial charge in [0.1, 0.15) is 0 Å². The van der Waals surface area contributed by atoms with Crippen LogP contribution in [0.3, 0.4) is 0 Å². The van der Waals surface area contributed by atoms with Gasteiger partial charge in [-0.05, 0) is 51.6 Å². The van der Waals surface area contributed by atoms with Crippen molar-refractivity contribution in [1.82, 2.24) is 9.21 Å². The Morgan fingerprint density at radius 1 is 1.04 bits per heavy atom. The minimum Gasteiger partial charge on any atom is -0.308 e. The topological polar surface area (TPSA) is 74.8 Å². The van der Waals surface area contributed by atoms with E-state index in [1.54, 1.807) is 17.3 Å². The maximum Gasteiger partial charge on any atom is 0.243 e. The Hall–Kier alpha value is -0.960. The monoisotopic (exact) mass is 388 g/mol. The van der Waals surface area contributed by atoms with Gasteiger partial charge < -0.3 is 4.90 Å². The van der Waals surface area contributed by atoms with Crippen molar-refractivity contribution in [2.75, 3.05) is 33.4 Å². The first-order valence-corrected chi connectivity index (χ1v) is 11.8. The average Bonchev–Trinajstić information content (AvgIpc) is 2.99. The van der Waals surface area contributed by atoms with Gasteiger partial charge in [-0.3, -0.25) is 0 Å². The van der Waals surface area contributed by atoms with Crippen molar-refractivity contribution < 1.29 is 16.8 Å². The second kappa shape index (κ2) is 7.73. The third kappa shape index (κ3) is 4.81. The van der Waals surface area contributed by atoms with Crippen LogP contribution in [0.25, 0.3) is 0 Å². The Morgan fingerprint density at radius 3 is 2.16 bits per heavy atom. The first-order chi connectivity index (χ1) is 11.5. The minimum absolute atomic E-state index is 0.00811. The molecular weight excluding hydrogens is 360 g/mol. The van der Waals surface area contributed by atoms with E-state index in [1.807, 2.05) is 19.0 Å². The van der Waals surface area contributed by atoms with Crippen molar-refractivity contribution in [1.29, 1.82) is 0 Å². The lowest BCUT2D eigenvalue weighted by Crippen LogP contribution is -2.42. The predicted molar refractivity (Wildman–Crippen MR) is 99.0 cm³/mol. The van der Waals surface area contributed by atoms with Crippen molar-refractivity contribution in [3.05, 3.63) is 23.8 Å². The molecule has 142 valence electrons. The Kier molecular flexibility index (Phi) is 6.30. The highest BCUT2D eigenvalue weighted by Gasteiger charge is 2.34. The normalized spacial score (nSPS) is 16.9. The van der Waals surface area contributed by atoms with Crippen LogP contribution in [0.2, 0.25) is 0 Å². The molecule has 0 N–H and O–H groups in total. The zero-order valence-electron chi connectivity index (χ0n) is 15.4. The molecule has 1 fully saturated rings. The van der Waals surface area contributed by atoms with Crippen molar-refractivity contribution in [3.8, 4) is 0 Å². The fraction of sp³-hybridized carbons (Fsp3) is 0.647. The number of rotatable bonds is 7. The molecule has 8 heteroatoms. The van der Waals surface area contributed by atoms with Gasteiger partial charge >= 0.3 is 0 Å². The van der Waals surface area contributed by atoms with Gasteiger partial charge in [0.2, 0.25) is 10.0 Å². The van der Waals surface area contributed by atoms with Gasteiger partial charge in [0.15, 0.2) is 9.84 Å². The van der Waals surface area contributed by atoms with Crippen LogP contribution in [0.1, 0.15) is 31.2 Å². The van der Waals surface area contributed by atoms with Crippen LogP contribution in [0.5, 0.6) is 0 Å². The number of benzene rings is 1. The summed E-state index contributed by atoms with van der Waals surface area (Å²) in [5.74, 6) is 0. The Bertz CT molecular complexity index is 811. The number of aryl methyl sites for hydroxylation is 1. The van der Waals surface area contributed by atoms with Crippen molar-refractivity contribution in [3.63, 3.8) is 0 Å². The van der Waals surface area contributed by atoms with E-state index in [-0.39, 0.29) is 15.8 Å². The van der Waals surface area contributed by atoms with E-state index in [0.717, 1.165) is 31.9 Å². The largest absolute Gasteiger partial charge is 0.308 e. The van der Waals surface area contributed by atoms with Crippen LogP contribution in [-0.4, -0.2) is 65.5 Å². The zero-order chi connectivity index (χ0) is 18.8. The van der Waals surface area contributed by atoms with Gasteiger partial charge in [-0.15, -0.1) is 0 Å². The first-order valence-electron chi connectivity index (χ1n) is 8.51. The number of likely N-dealkylation sites (N-methyl/N-ethyl adjacent to an activating group) is 1. The molecule has 6 nitrogen and oxygen atoms in total. The summed E-state index contributed by atoms with van der Waals surface area (Å²) in [4.78, 5) is 2.09. The van der Waals surface area contributed by atoms with Gasteiger partial charge in [-0.2, -0.15) is 4.31 Å². The van der Waals surface area contributed by atoms with Crippen molar-refractivity contribution in [2.24, 2.45) is 0 Å². The second-order valence-electron chi connectivity index (χ2n) is 7.06. The smallest absolute Gasteiger partial charge is 0.243 e. The maximum absolute atomic E-state index is 13.3. The summed E-state index contributed by atoms with van der Waals surface area (Å²) in [5.41, 5.74) is 0.570. The molecule has 1 aromatic carbocycles. The van der Waals surface area contributed by atoms with Gasteiger partial charge in [0, 0.05) is 25.4 Å². The molecule has 0 aliphatic heterocycles. The summed E-state index contributed by atoms with van der Waals surface area (Å²) in [6.07, 6.45) is 4.87. The molecule has 2 rings (SSSR count).